The maximum absolute atomic E-state index is 6.24. The predicted octanol–water partition coefficient (Wildman–Crippen LogP) is 5.22. The smallest absolute Gasteiger partial charge is 0.230 e. The van der Waals surface area contributed by atoms with Gasteiger partial charge in [0.05, 0.1) is 12.1 Å². The fraction of sp³-hybridized carbons (Fsp3) is 0.111. The molecule has 1 aromatic heterocycles. The van der Waals surface area contributed by atoms with Gasteiger partial charge in [-0.3, -0.25) is 0 Å². The van der Waals surface area contributed by atoms with Crippen LogP contribution >= 0.6 is 27.5 Å². The minimum atomic E-state index is 0.403. The number of hydrogen-bond acceptors (Lipinski definition) is 5. The van der Waals surface area contributed by atoms with Gasteiger partial charge in [0.1, 0.15) is 12.4 Å². The second-order valence-corrected chi connectivity index (χ2v) is 6.33. The summed E-state index contributed by atoms with van der Waals surface area (Å²) in [7, 11) is 1.56. The number of anilines is 2. The van der Waals surface area contributed by atoms with Gasteiger partial charge in [-0.05, 0) is 18.2 Å². The third-order valence-electron chi connectivity index (χ3n) is 3.37. The first kappa shape index (κ1) is 17.5. The van der Waals surface area contributed by atoms with Crippen LogP contribution in [0.4, 0.5) is 11.6 Å². The predicted molar refractivity (Wildman–Crippen MR) is 102 cm³/mol. The van der Waals surface area contributed by atoms with Crippen molar-refractivity contribution in [3.63, 3.8) is 0 Å². The first-order valence-electron chi connectivity index (χ1n) is 7.45. The zero-order valence-electron chi connectivity index (χ0n) is 13.4. The van der Waals surface area contributed by atoms with E-state index in [4.69, 9.17) is 21.1 Å². The summed E-state index contributed by atoms with van der Waals surface area (Å²) in [4.78, 5) is 8.38. The summed E-state index contributed by atoms with van der Waals surface area (Å²) in [6.07, 6.45) is 1.62. The van der Waals surface area contributed by atoms with Crippen LogP contribution in [-0.2, 0) is 6.61 Å². The zero-order chi connectivity index (χ0) is 17.6. The molecule has 7 heteroatoms. The highest BCUT2D eigenvalue weighted by atomic mass is 79.9. The topological polar surface area (TPSA) is 56.3 Å². The standard InChI is InChI=1S/C18H15BrClN3O2/c1-24-17-8-9-21-18(23-17)22-13-6-7-15(20)16(10-13)25-11-12-4-2-3-5-14(12)19/h2-10H,11H2,1H3,(H,21,22,23). The molecule has 0 aliphatic heterocycles. The van der Waals surface area contributed by atoms with Crippen LogP contribution in [0.15, 0.2) is 59.2 Å². The number of halogens is 2. The Bertz CT molecular complexity index is 876. The first-order valence-corrected chi connectivity index (χ1v) is 8.62. The fourth-order valence-electron chi connectivity index (χ4n) is 2.11. The number of nitrogens with zero attached hydrogens (tertiary/aromatic N) is 2. The molecule has 0 atom stereocenters. The van der Waals surface area contributed by atoms with Gasteiger partial charge >= 0.3 is 0 Å². The van der Waals surface area contributed by atoms with Crippen molar-refractivity contribution in [3.05, 3.63) is 69.8 Å². The largest absolute Gasteiger partial charge is 0.487 e. The van der Waals surface area contributed by atoms with E-state index in [1.807, 2.05) is 36.4 Å². The maximum Gasteiger partial charge on any atom is 0.230 e. The number of benzene rings is 2. The minimum Gasteiger partial charge on any atom is -0.487 e. The van der Waals surface area contributed by atoms with Crippen LogP contribution in [0, 0.1) is 0 Å². The van der Waals surface area contributed by atoms with Crippen molar-refractivity contribution >= 4 is 39.2 Å². The molecule has 0 aliphatic carbocycles. The number of aromatic nitrogens is 2. The molecular formula is C18H15BrClN3O2. The van der Waals surface area contributed by atoms with Crippen LogP contribution in [0.2, 0.25) is 5.02 Å². The lowest BCUT2D eigenvalue weighted by Gasteiger charge is -2.12. The molecule has 0 saturated carbocycles. The maximum atomic E-state index is 6.24. The van der Waals surface area contributed by atoms with Crippen molar-refractivity contribution in [2.75, 3.05) is 12.4 Å². The third-order valence-corrected chi connectivity index (χ3v) is 4.45. The average Bonchev–Trinajstić information content (AvgIpc) is 2.63. The van der Waals surface area contributed by atoms with Crippen LogP contribution in [0.25, 0.3) is 0 Å². The van der Waals surface area contributed by atoms with Gasteiger partial charge in [0.15, 0.2) is 0 Å². The Morgan fingerprint density at radius 3 is 2.80 bits per heavy atom. The molecule has 0 bridgehead atoms. The number of hydrogen-bond donors (Lipinski definition) is 1. The molecule has 0 fully saturated rings. The van der Waals surface area contributed by atoms with Gasteiger partial charge in [0.25, 0.3) is 0 Å². The van der Waals surface area contributed by atoms with Crippen molar-refractivity contribution in [1.29, 1.82) is 0 Å². The molecule has 0 spiro atoms. The van der Waals surface area contributed by atoms with Gasteiger partial charge in [-0.1, -0.05) is 45.7 Å². The van der Waals surface area contributed by atoms with Crippen LogP contribution in [0.5, 0.6) is 11.6 Å². The third kappa shape index (κ3) is 4.61. The number of nitrogens with one attached hydrogen (secondary N) is 1. The Morgan fingerprint density at radius 1 is 1.16 bits per heavy atom. The van der Waals surface area contributed by atoms with Gasteiger partial charge in [-0.25, -0.2) is 4.98 Å². The lowest BCUT2D eigenvalue weighted by molar-refractivity contribution is 0.306. The summed E-state index contributed by atoms with van der Waals surface area (Å²) in [6.45, 7) is 0.403. The van der Waals surface area contributed by atoms with Crippen molar-refractivity contribution in [1.82, 2.24) is 9.97 Å². The summed E-state index contributed by atoms with van der Waals surface area (Å²) in [5.74, 6) is 1.49. The zero-order valence-corrected chi connectivity index (χ0v) is 15.7. The summed E-state index contributed by atoms with van der Waals surface area (Å²) in [6, 6.07) is 15.0. The molecular weight excluding hydrogens is 406 g/mol. The number of methoxy groups -OCH3 is 1. The van der Waals surface area contributed by atoms with E-state index in [2.05, 4.69) is 31.2 Å². The van der Waals surface area contributed by atoms with Crippen molar-refractivity contribution in [2.24, 2.45) is 0 Å². The number of ether oxygens (including phenoxy) is 2. The molecule has 128 valence electrons. The average molecular weight is 421 g/mol. The Kier molecular flexibility index (Phi) is 5.73. The molecule has 0 saturated heterocycles. The Labute approximate surface area is 159 Å². The quantitative estimate of drug-likeness (QED) is 0.592. The summed E-state index contributed by atoms with van der Waals surface area (Å²) < 4.78 is 11.9. The first-order chi connectivity index (χ1) is 12.2. The van der Waals surface area contributed by atoms with E-state index in [1.165, 1.54) is 0 Å². The van der Waals surface area contributed by atoms with Crippen LogP contribution in [-0.4, -0.2) is 17.1 Å². The molecule has 1 heterocycles. The summed E-state index contributed by atoms with van der Waals surface area (Å²) in [5.41, 5.74) is 1.80. The van der Waals surface area contributed by atoms with Gasteiger partial charge < -0.3 is 14.8 Å². The van der Waals surface area contributed by atoms with Gasteiger partial charge in [0, 0.05) is 34.1 Å². The molecule has 0 aliphatic rings. The van der Waals surface area contributed by atoms with E-state index >= 15 is 0 Å². The Hall–Kier alpha value is -2.31. The molecule has 25 heavy (non-hydrogen) atoms. The van der Waals surface area contributed by atoms with Crippen molar-refractivity contribution in [2.45, 2.75) is 6.61 Å². The van der Waals surface area contributed by atoms with Crippen molar-refractivity contribution < 1.29 is 9.47 Å². The SMILES string of the molecule is COc1ccnc(Nc2ccc(Cl)c(OCc3ccccc3Br)c2)n1. The second kappa shape index (κ2) is 8.18. The molecule has 1 N–H and O–H groups in total. The highest BCUT2D eigenvalue weighted by Gasteiger charge is 2.07. The molecule has 5 nitrogen and oxygen atoms in total. The summed E-state index contributed by atoms with van der Waals surface area (Å²) >= 11 is 9.74. The van der Waals surface area contributed by atoms with E-state index in [0.717, 1.165) is 15.7 Å². The highest BCUT2D eigenvalue weighted by molar-refractivity contribution is 9.10. The molecule has 3 rings (SSSR count). The van der Waals surface area contributed by atoms with Crippen molar-refractivity contribution in [3.8, 4) is 11.6 Å². The second-order valence-electron chi connectivity index (χ2n) is 5.07. The fourth-order valence-corrected chi connectivity index (χ4v) is 2.68. The highest BCUT2D eigenvalue weighted by Crippen LogP contribution is 2.30. The minimum absolute atomic E-state index is 0.403. The number of rotatable bonds is 6. The molecule has 2 aromatic carbocycles. The normalized spacial score (nSPS) is 10.4. The molecule has 0 unspecified atom stereocenters. The van der Waals surface area contributed by atoms with E-state index in [-0.39, 0.29) is 0 Å². The van der Waals surface area contributed by atoms with Crippen LogP contribution < -0.4 is 14.8 Å². The van der Waals surface area contributed by atoms with Crippen LogP contribution in [0.1, 0.15) is 5.56 Å². The Balaban J connectivity index is 1.75. The summed E-state index contributed by atoms with van der Waals surface area (Å²) in [5, 5.41) is 3.64. The monoisotopic (exact) mass is 419 g/mol. The van der Waals surface area contributed by atoms with Crippen LogP contribution in [0.3, 0.4) is 0 Å². The lowest BCUT2D eigenvalue weighted by atomic mass is 10.2. The molecule has 3 aromatic rings. The lowest BCUT2D eigenvalue weighted by Crippen LogP contribution is -2.00. The van der Waals surface area contributed by atoms with Gasteiger partial charge in [0.2, 0.25) is 11.8 Å². The van der Waals surface area contributed by atoms with E-state index in [1.54, 1.807) is 25.4 Å². The van der Waals surface area contributed by atoms with E-state index in [0.29, 0.717) is 29.2 Å². The van der Waals surface area contributed by atoms with E-state index in [9.17, 15) is 0 Å². The van der Waals surface area contributed by atoms with Gasteiger partial charge in [-0.2, -0.15) is 4.98 Å². The van der Waals surface area contributed by atoms with Gasteiger partial charge in [-0.15, -0.1) is 0 Å². The molecule has 0 radical (unpaired) electrons. The van der Waals surface area contributed by atoms with E-state index < -0.39 is 0 Å². The Morgan fingerprint density at radius 2 is 2.00 bits per heavy atom. The molecule has 0 amide bonds.